The Hall–Kier alpha value is -3.02. The summed E-state index contributed by atoms with van der Waals surface area (Å²) in [7, 11) is 0. The van der Waals surface area contributed by atoms with E-state index in [1.54, 1.807) is 24.3 Å². The Morgan fingerprint density at radius 1 is 0.923 bits per heavy atom. The number of piperidine rings is 1. The smallest absolute Gasteiger partial charge is 0.323 e. The third-order valence-corrected chi connectivity index (χ3v) is 4.20. The van der Waals surface area contributed by atoms with Crippen molar-refractivity contribution < 1.29 is 14.3 Å². The maximum absolute atomic E-state index is 12.2. The first kappa shape index (κ1) is 17.8. The number of rotatable bonds is 4. The summed E-state index contributed by atoms with van der Waals surface area (Å²) in [5.74, 6) is -0.0124. The van der Waals surface area contributed by atoms with E-state index in [-0.39, 0.29) is 6.03 Å². The quantitative estimate of drug-likeness (QED) is 0.637. The number of nitrogens with one attached hydrogen (secondary N) is 2. The zero-order valence-electron chi connectivity index (χ0n) is 14.8. The van der Waals surface area contributed by atoms with Gasteiger partial charge in [-0.2, -0.15) is 0 Å². The number of amides is 2. The van der Waals surface area contributed by atoms with Crippen LogP contribution in [0.1, 0.15) is 26.2 Å². The van der Waals surface area contributed by atoms with Gasteiger partial charge in [0.05, 0.1) is 0 Å². The van der Waals surface area contributed by atoms with Gasteiger partial charge in [-0.15, -0.1) is 0 Å². The van der Waals surface area contributed by atoms with Gasteiger partial charge in [0, 0.05) is 43.1 Å². The van der Waals surface area contributed by atoms with Crippen LogP contribution < -0.4 is 20.3 Å². The second-order valence-corrected chi connectivity index (χ2v) is 6.30. The van der Waals surface area contributed by atoms with Gasteiger partial charge in [0.15, 0.2) is 0 Å². The number of urea groups is 1. The van der Waals surface area contributed by atoms with Crippen LogP contribution in [0.25, 0.3) is 0 Å². The van der Waals surface area contributed by atoms with Crippen molar-refractivity contribution in [2.24, 2.45) is 0 Å². The Kier molecular flexibility index (Phi) is 5.73. The van der Waals surface area contributed by atoms with Crippen molar-refractivity contribution in [3.05, 3.63) is 48.5 Å². The minimum absolute atomic E-state index is 0.351. The average molecular weight is 353 g/mol. The molecule has 0 aromatic heterocycles. The van der Waals surface area contributed by atoms with E-state index in [0.29, 0.717) is 11.4 Å². The van der Waals surface area contributed by atoms with E-state index in [4.69, 9.17) is 4.74 Å². The molecule has 3 rings (SSSR count). The molecule has 1 saturated heterocycles. The summed E-state index contributed by atoms with van der Waals surface area (Å²) in [6.07, 6.45) is 3.76. The van der Waals surface area contributed by atoms with E-state index >= 15 is 0 Å². The van der Waals surface area contributed by atoms with E-state index in [1.165, 1.54) is 31.9 Å². The van der Waals surface area contributed by atoms with Crippen LogP contribution in [-0.4, -0.2) is 25.1 Å². The van der Waals surface area contributed by atoms with Crippen molar-refractivity contribution in [3.8, 4) is 5.75 Å². The zero-order chi connectivity index (χ0) is 18.4. The van der Waals surface area contributed by atoms with Crippen LogP contribution in [0.2, 0.25) is 0 Å². The molecule has 0 aliphatic carbocycles. The molecule has 1 heterocycles. The number of carbonyl (C=O) groups is 2. The van der Waals surface area contributed by atoms with Crippen LogP contribution in [0.4, 0.5) is 21.9 Å². The molecule has 1 aliphatic rings. The summed E-state index contributed by atoms with van der Waals surface area (Å²) in [6, 6.07) is 14.2. The number of esters is 1. The second-order valence-electron chi connectivity index (χ2n) is 6.30. The highest BCUT2D eigenvalue weighted by Crippen LogP contribution is 2.22. The maximum atomic E-state index is 12.2. The van der Waals surface area contributed by atoms with Crippen molar-refractivity contribution in [1.82, 2.24) is 0 Å². The maximum Gasteiger partial charge on any atom is 0.323 e. The van der Waals surface area contributed by atoms with Crippen molar-refractivity contribution in [2.75, 3.05) is 28.6 Å². The monoisotopic (exact) mass is 353 g/mol. The highest BCUT2D eigenvalue weighted by atomic mass is 16.5. The summed E-state index contributed by atoms with van der Waals surface area (Å²) >= 11 is 0. The SMILES string of the molecule is CC(=O)Oc1cccc(NC(=O)Nc2ccc(N3CCCCC3)cc2)c1. The van der Waals surface area contributed by atoms with Crippen LogP contribution in [0, 0.1) is 0 Å². The number of nitrogens with zero attached hydrogens (tertiary/aromatic N) is 1. The number of hydrogen-bond acceptors (Lipinski definition) is 4. The first-order valence-corrected chi connectivity index (χ1v) is 8.82. The summed E-state index contributed by atoms with van der Waals surface area (Å²) in [5, 5.41) is 5.53. The molecule has 2 N–H and O–H groups in total. The predicted octanol–water partition coefficient (Wildman–Crippen LogP) is 4.25. The predicted molar refractivity (Wildman–Crippen MR) is 103 cm³/mol. The summed E-state index contributed by atoms with van der Waals surface area (Å²) in [5.41, 5.74) is 2.45. The van der Waals surface area contributed by atoms with Crippen LogP contribution in [0.3, 0.4) is 0 Å². The van der Waals surface area contributed by atoms with Crippen molar-refractivity contribution >= 4 is 29.1 Å². The van der Waals surface area contributed by atoms with Gasteiger partial charge in [-0.05, 0) is 55.7 Å². The molecule has 0 saturated carbocycles. The molecule has 1 aliphatic heterocycles. The normalized spacial score (nSPS) is 13.8. The highest BCUT2D eigenvalue weighted by Gasteiger charge is 2.11. The number of anilines is 3. The first-order valence-electron chi connectivity index (χ1n) is 8.82. The molecular formula is C20H23N3O3. The van der Waals surface area contributed by atoms with Crippen molar-refractivity contribution in [3.63, 3.8) is 0 Å². The minimum Gasteiger partial charge on any atom is -0.427 e. The molecular weight excluding hydrogens is 330 g/mol. The number of hydrogen-bond donors (Lipinski definition) is 2. The van der Waals surface area contributed by atoms with E-state index in [1.807, 2.05) is 24.3 Å². The van der Waals surface area contributed by atoms with Crippen molar-refractivity contribution in [1.29, 1.82) is 0 Å². The molecule has 0 bridgehead atoms. The lowest BCUT2D eigenvalue weighted by molar-refractivity contribution is -0.131. The van der Waals surface area contributed by atoms with Crippen LogP contribution >= 0.6 is 0 Å². The lowest BCUT2D eigenvalue weighted by Crippen LogP contribution is -2.29. The van der Waals surface area contributed by atoms with Crippen LogP contribution in [-0.2, 0) is 4.79 Å². The molecule has 6 heteroatoms. The molecule has 0 unspecified atom stereocenters. The molecule has 0 spiro atoms. The summed E-state index contributed by atoms with van der Waals surface area (Å²) in [6.45, 7) is 3.51. The fraction of sp³-hybridized carbons (Fsp3) is 0.300. The fourth-order valence-corrected chi connectivity index (χ4v) is 3.00. The lowest BCUT2D eigenvalue weighted by Gasteiger charge is -2.28. The molecule has 26 heavy (non-hydrogen) atoms. The minimum atomic E-state index is -0.402. The summed E-state index contributed by atoms with van der Waals surface area (Å²) < 4.78 is 5.01. The molecule has 2 aromatic carbocycles. The Balaban J connectivity index is 1.57. The highest BCUT2D eigenvalue weighted by molar-refractivity contribution is 6.00. The standard InChI is InChI=1S/C20H23N3O3/c1-15(24)26-19-7-5-6-17(14-19)22-20(25)21-16-8-10-18(11-9-16)23-12-3-2-4-13-23/h5-11,14H,2-4,12-13H2,1H3,(H2,21,22,25). The lowest BCUT2D eigenvalue weighted by atomic mass is 10.1. The van der Waals surface area contributed by atoms with Gasteiger partial charge >= 0.3 is 12.0 Å². The Morgan fingerprint density at radius 3 is 2.31 bits per heavy atom. The molecule has 0 radical (unpaired) electrons. The molecule has 6 nitrogen and oxygen atoms in total. The molecule has 2 amide bonds. The topological polar surface area (TPSA) is 70.7 Å². The van der Waals surface area contributed by atoms with Gasteiger partial charge < -0.3 is 20.3 Å². The van der Waals surface area contributed by atoms with Crippen LogP contribution in [0.15, 0.2) is 48.5 Å². The number of ether oxygens (including phenoxy) is 1. The van der Waals surface area contributed by atoms with Gasteiger partial charge in [0.2, 0.25) is 0 Å². The van der Waals surface area contributed by atoms with Crippen LogP contribution in [0.5, 0.6) is 5.75 Å². The number of benzene rings is 2. The Morgan fingerprint density at radius 2 is 1.62 bits per heavy atom. The molecule has 136 valence electrons. The van der Waals surface area contributed by atoms with E-state index in [9.17, 15) is 9.59 Å². The van der Waals surface area contributed by atoms with E-state index in [2.05, 4.69) is 15.5 Å². The van der Waals surface area contributed by atoms with Crippen molar-refractivity contribution in [2.45, 2.75) is 26.2 Å². The molecule has 1 fully saturated rings. The average Bonchev–Trinajstić information content (AvgIpc) is 2.63. The number of carbonyl (C=O) groups excluding carboxylic acids is 2. The molecule has 0 atom stereocenters. The second kappa shape index (κ2) is 8.38. The van der Waals surface area contributed by atoms with Gasteiger partial charge in [0.25, 0.3) is 0 Å². The largest absolute Gasteiger partial charge is 0.427 e. The zero-order valence-corrected chi connectivity index (χ0v) is 14.8. The van der Waals surface area contributed by atoms with Gasteiger partial charge in [-0.25, -0.2) is 4.79 Å². The van der Waals surface area contributed by atoms with Gasteiger partial charge in [-0.3, -0.25) is 4.79 Å². The van der Waals surface area contributed by atoms with Gasteiger partial charge in [0.1, 0.15) is 5.75 Å². The first-order chi connectivity index (χ1) is 12.6. The van der Waals surface area contributed by atoms with E-state index in [0.717, 1.165) is 18.8 Å². The third kappa shape index (κ3) is 4.99. The third-order valence-electron chi connectivity index (χ3n) is 4.20. The molecule has 2 aromatic rings. The van der Waals surface area contributed by atoms with E-state index < -0.39 is 5.97 Å². The summed E-state index contributed by atoms with van der Waals surface area (Å²) in [4.78, 5) is 25.5. The fourth-order valence-electron chi connectivity index (χ4n) is 3.00. The Bertz CT molecular complexity index is 768. The van der Waals surface area contributed by atoms with Gasteiger partial charge in [-0.1, -0.05) is 6.07 Å². The Labute approximate surface area is 153 Å².